The molecule has 0 radical (unpaired) electrons. The number of rotatable bonds is 4. The SMILES string of the molecule is Cc1ccc(NC(=O)CN(C)[C@@H]2CCCc3ccccc32)nc1. The Balaban J connectivity index is 1.64. The minimum Gasteiger partial charge on any atom is -0.310 e. The second-order valence-electron chi connectivity index (χ2n) is 6.29. The van der Waals surface area contributed by atoms with Crippen LogP contribution in [0.4, 0.5) is 5.82 Å². The number of nitrogens with zero attached hydrogens (tertiary/aromatic N) is 2. The van der Waals surface area contributed by atoms with Gasteiger partial charge in [-0.2, -0.15) is 0 Å². The topological polar surface area (TPSA) is 45.2 Å². The van der Waals surface area contributed by atoms with E-state index < -0.39 is 0 Å². The van der Waals surface area contributed by atoms with Crippen molar-refractivity contribution in [2.45, 2.75) is 32.2 Å². The Morgan fingerprint density at radius 2 is 2.13 bits per heavy atom. The van der Waals surface area contributed by atoms with Gasteiger partial charge in [-0.15, -0.1) is 0 Å². The molecule has 1 atom stereocenters. The van der Waals surface area contributed by atoms with Gasteiger partial charge < -0.3 is 5.32 Å². The summed E-state index contributed by atoms with van der Waals surface area (Å²) in [4.78, 5) is 18.6. The maximum atomic E-state index is 12.3. The largest absolute Gasteiger partial charge is 0.310 e. The van der Waals surface area contributed by atoms with Crippen molar-refractivity contribution in [1.29, 1.82) is 0 Å². The molecule has 120 valence electrons. The van der Waals surface area contributed by atoms with Gasteiger partial charge >= 0.3 is 0 Å². The molecule has 1 aromatic carbocycles. The zero-order valence-electron chi connectivity index (χ0n) is 13.7. The zero-order valence-corrected chi connectivity index (χ0v) is 13.7. The highest BCUT2D eigenvalue weighted by Gasteiger charge is 2.24. The standard InChI is InChI=1S/C19H23N3O/c1-14-10-11-18(20-12-14)21-19(23)13-22(2)17-9-5-7-15-6-3-4-8-16(15)17/h3-4,6,8,10-12,17H,5,7,9,13H2,1-2H3,(H,20,21,23)/t17-/m1/s1. The van der Waals surface area contributed by atoms with Crippen LogP contribution in [0.2, 0.25) is 0 Å². The summed E-state index contributed by atoms with van der Waals surface area (Å²) in [5, 5.41) is 2.87. The predicted molar refractivity (Wildman–Crippen MR) is 92.4 cm³/mol. The second kappa shape index (κ2) is 6.92. The van der Waals surface area contributed by atoms with Crippen LogP contribution in [0.15, 0.2) is 42.6 Å². The first-order valence-electron chi connectivity index (χ1n) is 8.14. The Morgan fingerprint density at radius 3 is 2.91 bits per heavy atom. The predicted octanol–water partition coefficient (Wildman–Crippen LogP) is 3.34. The van der Waals surface area contributed by atoms with E-state index in [0.717, 1.165) is 18.4 Å². The molecule has 0 saturated carbocycles. The summed E-state index contributed by atoms with van der Waals surface area (Å²) < 4.78 is 0. The highest BCUT2D eigenvalue weighted by Crippen LogP contribution is 2.33. The van der Waals surface area contributed by atoms with Gasteiger partial charge in [0, 0.05) is 12.2 Å². The number of hydrogen-bond donors (Lipinski definition) is 1. The third-order valence-corrected chi connectivity index (χ3v) is 4.44. The lowest BCUT2D eigenvalue weighted by molar-refractivity contribution is -0.117. The normalized spacial score (nSPS) is 16.9. The van der Waals surface area contributed by atoms with E-state index in [9.17, 15) is 4.79 Å². The molecule has 23 heavy (non-hydrogen) atoms. The van der Waals surface area contributed by atoms with Gasteiger partial charge in [-0.25, -0.2) is 4.98 Å². The quantitative estimate of drug-likeness (QED) is 0.942. The Hall–Kier alpha value is -2.20. The van der Waals surface area contributed by atoms with E-state index in [4.69, 9.17) is 0 Å². The number of carbonyl (C=O) groups is 1. The maximum absolute atomic E-state index is 12.3. The molecular weight excluding hydrogens is 286 g/mol. The zero-order chi connectivity index (χ0) is 16.2. The summed E-state index contributed by atoms with van der Waals surface area (Å²) in [6.07, 6.45) is 5.17. The van der Waals surface area contributed by atoms with Crippen molar-refractivity contribution in [2.75, 3.05) is 18.9 Å². The molecule has 3 rings (SSSR count). The number of likely N-dealkylation sites (N-methyl/N-ethyl adjacent to an activating group) is 1. The highest BCUT2D eigenvalue weighted by atomic mass is 16.2. The average Bonchev–Trinajstić information content (AvgIpc) is 2.56. The fourth-order valence-corrected chi connectivity index (χ4v) is 3.25. The van der Waals surface area contributed by atoms with Crippen LogP contribution >= 0.6 is 0 Å². The molecule has 1 N–H and O–H groups in total. The van der Waals surface area contributed by atoms with Gasteiger partial charge in [-0.1, -0.05) is 30.3 Å². The minimum atomic E-state index is -0.0214. The van der Waals surface area contributed by atoms with Gasteiger partial charge in [0.15, 0.2) is 0 Å². The van der Waals surface area contributed by atoms with Crippen LogP contribution in [0.5, 0.6) is 0 Å². The smallest absolute Gasteiger partial charge is 0.239 e. The van der Waals surface area contributed by atoms with Crippen LogP contribution in [-0.4, -0.2) is 29.4 Å². The molecule has 0 fully saturated rings. The van der Waals surface area contributed by atoms with Crippen molar-refractivity contribution in [3.05, 3.63) is 59.3 Å². The molecule has 1 aliphatic rings. The van der Waals surface area contributed by atoms with E-state index in [0.29, 0.717) is 18.4 Å². The third kappa shape index (κ3) is 3.77. The molecule has 1 aliphatic carbocycles. The fourth-order valence-electron chi connectivity index (χ4n) is 3.25. The van der Waals surface area contributed by atoms with E-state index in [1.165, 1.54) is 17.5 Å². The van der Waals surface area contributed by atoms with Crippen LogP contribution in [0.1, 0.15) is 35.6 Å². The molecule has 4 nitrogen and oxygen atoms in total. The lowest BCUT2D eigenvalue weighted by Crippen LogP contribution is -2.35. The Bertz CT molecular complexity index is 681. The number of anilines is 1. The van der Waals surface area contributed by atoms with Crippen molar-refractivity contribution in [2.24, 2.45) is 0 Å². The Labute approximate surface area is 137 Å². The van der Waals surface area contributed by atoms with Gasteiger partial charge in [0.25, 0.3) is 0 Å². The number of benzene rings is 1. The number of aromatic nitrogens is 1. The summed E-state index contributed by atoms with van der Waals surface area (Å²) >= 11 is 0. The minimum absolute atomic E-state index is 0.0214. The number of amides is 1. The van der Waals surface area contributed by atoms with Gasteiger partial charge in [0.2, 0.25) is 5.91 Å². The van der Waals surface area contributed by atoms with Crippen LogP contribution in [0.25, 0.3) is 0 Å². The van der Waals surface area contributed by atoms with E-state index in [1.54, 1.807) is 6.20 Å². The monoisotopic (exact) mass is 309 g/mol. The molecule has 4 heteroatoms. The first-order chi connectivity index (χ1) is 11.1. The number of aryl methyl sites for hydroxylation is 2. The second-order valence-corrected chi connectivity index (χ2v) is 6.29. The van der Waals surface area contributed by atoms with E-state index in [2.05, 4.69) is 39.5 Å². The molecule has 1 amide bonds. The van der Waals surface area contributed by atoms with Gasteiger partial charge in [0.1, 0.15) is 5.82 Å². The highest BCUT2D eigenvalue weighted by molar-refractivity contribution is 5.91. The summed E-state index contributed by atoms with van der Waals surface area (Å²) in [5.74, 6) is 0.588. The lowest BCUT2D eigenvalue weighted by atomic mass is 9.87. The lowest BCUT2D eigenvalue weighted by Gasteiger charge is -2.32. The van der Waals surface area contributed by atoms with Crippen molar-refractivity contribution in [3.8, 4) is 0 Å². The van der Waals surface area contributed by atoms with Crippen molar-refractivity contribution < 1.29 is 4.79 Å². The molecule has 0 saturated heterocycles. The van der Waals surface area contributed by atoms with Gasteiger partial charge in [-0.3, -0.25) is 9.69 Å². The third-order valence-electron chi connectivity index (χ3n) is 4.44. The van der Waals surface area contributed by atoms with Crippen molar-refractivity contribution in [3.63, 3.8) is 0 Å². The van der Waals surface area contributed by atoms with Gasteiger partial charge in [0.05, 0.1) is 6.54 Å². The van der Waals surface area contributed by atoms with Crippen LogP contribution in [-0.2, 0) is 11.2 Å². The Morgan fingerprint density at radius 1 is 1.30 bits per heavy atom. The van der Waals surface area contributed by atoms with Crippen molar-refractivity contribution in [1.82, 2.24) is 9.88 Å². The molecular formula is C19H23N3O. The van der Waals surface area contributed by atoms with Crippen LogP contribution in [0, 0.1) is 6.92 Å². The summed E-state index contributed by atoms with van der Waals surface area (Å²) in [5.41, 5.74) is 3.86. The van der Waals surface area contributed by atoms with E-state index >= 15 is 0 Å². The number of carbonyl (C=O) groups excluding carboxylic acids is 1. The maximum Gasteiger partial charge on any atom is 0.239 e. The number of nitrogens with one attached hydrogen (secondary N) is 1. The summed E-state index contributed by atoms with van der Waals surface area (Å²) in [7, 11) is 2.02. The fraction of sp³-hybridized carbons (Fsp3) is 0.368. The molecule has 0 unspecified atom stereocenters. The number of hydrogen-bond acceptors (Lipinski definition) is 3. The van der Waals surface area contributed by atoms with Crippen LogP contribution in [0.3, 0.4) is 0 Å². The number of pyridine rings is 1. The van der Waals surface area contributed by atoms with E-state index in [1.807, 2.05) is 26.1 Å². The molecule has 2 aromatic rings. The van der Waals surface area contributed by atoms with E-state index in [-0.39, 0.29) is 5.91 Å². The molecule has 1 aromatic heterocycles. The summed E-state index contributed by atoms with van der Waals surface area (Å²) in [6, 6.07) is 12.7. The van der Waals surface area contributed by atoms with Crippen LogP contribution < -0.4 is 5.32 Å². The average molecular weight is 309 g/mol. The molecule has 0 spiro atoms. The number of fused-ring (bicyclic) bond motifs is 1. The first-order valence-corrected chi connectivity index (χ1v) is 8.14. The molecule has 1 heterocycles. The van der Waals surface area contributed by atoms with Gasteiger partial charge in [-0.05, 0) is 56.0 Å². The first kappa shape index (κ1) is 15.7. The Kier molecular flexibility index (Phi) is 4.72. The molecule has 0 bridgehead atoms. The van der Waals surface area contributed by atoms with Crippen molar-refractivity contribution >= 4 is 11.7 Å². The molecule has 0 aliphatic heterocycles. The summed E-state index contributed by atoms with van der Waals surface area (Å²) in [6.45, 7) is 2.35.